The molecule has 2 aromatic carbocycles. The zero-order valence-corrected chi connectivity index (χ0v) is 14.2. The van der Waals surface area contributed by atoms with E-state index < -0.39 is 21.2 Å². The molecule has 0 amide bonds. The van der Waals surface area contributed by atoms with Gasteiger partial charge >= 0.3 is 11.6 Å². The van der Waals surface area contributed by atoms with E-state index in [0.717, 1.165) is 10.8 Å². The molecule has 0 aliphatic rings. The first-order valence-corrected chi connectivity index (χ1v) is 9.46. The first-order chi connectivity index (χ1) is 12.4. The van der Waals surface area contributed by atoms with Crippen LogP contribution in [-0.4, -0.2) is 18.6 Å². The summed E-state index contributed by atoms with van der Waals surface area (Å²) >= 11 is 0. The molecular weight excluding hydrogens is 358 g/mol. The lowest BCUT2D eigenvalue weighted by atomic mass is 10.0. The van der Waals surface area contributed by atoms with Gasteiger partial charge in [-0.2, -0.15) is 0 Å². The number of nitrogens with two attached hydrogens (primary N) is 1. The molecule has 132 valence electrons. The number of rotatable bonds is 4. The third-order valence-electron chi connectivity index (χ3n) is 3.92. The smallest absolute Gasteiger partial charge is 0.336 e. The van der Waals surface area contributed by atoms with Gasteiger partial charge in [-0.1, -0.05) is 41.5 Å². The molecule has 26 heavy (non-hydrogen) atoms. The number of benzene rings is 2. The summed E-state index contributed by atoms with van der Waals surface area (Å²) in [4.78, 5) is 12.0. The summed E-state index contributed by atoms with van der Waals surface area (Å²) in [5.74, 6) is -0.928. The molecule has 0 bridgehead atoms. The number of aromatic nitrogens is 2. The van der Waals surface area contributed by atoms with Crippen molar-refractivity contribution in [2.75, 3.05) is 5.73 Å². The highest BCUT2D eigenvalue weighted by Crippen LogP contribution is 2.27. The zero-order chi connectivity index (χ0) is 18.3. The van der Waals surface area contributed by atoms with Gasteiger partial charge in [-0.3, -0.25) is 0 Å². The zero-order valence-electron chi connectivity index (χ0n) is 13.4. The Bertz CT molecular complexity index is 1290. The predicted octanol–water partition coefficient (Wildman–Crippen LogP) is 2.03. The third kappa shape index (κ3) is 3.04. The van der Waals surface area contributed by atoms with Gasteiger partial charge in [-0.15, -0.1) is 5.10 Å². The molecule has 4 aromatic rings. The second kappa shape index (κ2) is 5.95. The quantitative estimate of drug-likeness (QED) is 0.426. The van der Waals surface area contributed by atoms with Crippen molar-refractivity contribution in [1.82, 2.24) is 10.2 Å². The van der Waals surface area contributed by atoms with E-state index in [1.807, 2.05) is 30.3 Å². The highest BCUT2D eigenvalue weighted by molar-refractivity contribution is 7.89. The largest absolute Gasteiger partial charge is 0.422 e. The van der Waals surface area contributed by atoms with Crippen molar-refractivity contribution in [2.24, 2.45) is 0 Å². The van der Waals surface area contributed by atoms with Crippen molar-refractivity contribution in [3.05, 3.63) is 64.3 Å². The number of sulfone groups is 1. The van der Waals surface area contributed by atoms with Crippen LogP contribution in [0.15, 0.2) is 56.1 Å². The lowest BCUT2D eigenvalue weighted by Crippen LogP contribution is -2.11. The van der Waals surface area contributed by atoms with Crippen LogP contribution < -0.4 is 11.4 Å². The van der Waals surface area contributed by atoms with Gasteiger partial charge in [0.15, 0.2) is 9.84 Å². The number of hydrogen-bond acceptors (Lipinski definition) is 8. The van der Waals surface area contributed by atoms with Gasteiger partial charge in [-0.05, 0) is 10.9 Å². The van der Waals surface area contributed by atoms with Crippen LogP contribution in [0.3, 0.4) is 0 Å². The molecule has 2 aromatic heterocycles. The van der Waals surface area contributed by atoms with Gasteiger partial charge in [-0.25, -0.2) is 13.2 Å². The Balaban J connectivity index is 1.81. The fraction of sp³-hybridized carbons (Fsp3) is 0.118. The molecule has 0 radical (unpaired) electrons. The first-order valence-electron chi connectivity index (χ1n) is 7.64. The maximum absolute atomic E-state index is 12.5. The molecule has 0 spiro atoms. The van der Waals surface area contributed by atoms with Crippen LogP contribution in [0.1, 0.15) is 11.5 Å². The molecule has 2 heterocycles. The van der Waals surface area contributed by atoms with Gasteiger partial charge in [0.25, 0.3) is 0 Å². The van der Waals surface area contributed by atoms with Crippen molar-refractivity contribution in [3.63, 3.8) is 0 Å². The van der Waals surface area contributed by atoms with E-state index >= 15 is 0 Å². The van der Waals surface area contributed by atoms with E-state index in [-0.39, 0.29) is 17.7 Å². The van der Waals surface area contributed by atoms with Gasteiger partial charge in [0, 0.05) is 16.8 Å². The van der Waals surface area contributed by atoms with Crippen LogP contribution in [0.2, 0.25) is 0 Å². The second-order valence-electron chi connectivity index (χ2n) is 5.82. The molecule has 0 saturated carbocycles. The molecule has 0 fully saturated rings. The van der Waals surface area contributed by atoms with E-state index in [9.17, 15) is 13.2 Å². The fourth-order valence-corrected chi connectivity index (χ4v) is 4.18. The number of nitrogens with zero attached hydrogens (tertiary/aromatic N) is 2. The van der Waals surface area contributed by atoms with Crippen molar-refractivity contribution in [3.8, 4) is 0 Å². The highest BCUT2D eigenvalue weighted by atomic mass is 32.2. The van der Waals surface area contributed by atoms with Crippen LogP contribution >= 0.6 is 0 Å². The average molecular weight is 371 g/mol. The molecule has 0 aliphatic heterocycles. The van der Waals surface area contributed by atoms with Crippen LogP contribution in [0.4, 0.5) is 6.01 Å². The Kier molecular flexibility index (Phi) is 3.73. The van der Waals surface area contributed by atoms with Crippen LogP contribution in [0.5, 0.6) is 0 Å². The maximum Gasteiger partial charge on any atom is 0.336 e. The Morgan fingerprint density at radius 2 is 1.77 bits per heavy atom. The molecule has 2 N–H and O–H groups in total. The average Bonchev–Trinajstić information content (AvgIpc) is 2.98. The van der Waals surface area contributed by atoms with E-state index in [1.165, 1.54) is 6.07 Å². The molecule has 4 rings (SSSR count). The Morgan fingerprint density at radius 1 is 0.962 bits per heavy atom. The summed E-state index contributed by atoms with van der Waals surface area (Å²) in [7, 11) is -3.67. The Labute approximate surface area is 147 Å². The summed E-state index contributed by atoms with van der Waals surface area (Å²) in [5.41, 5.74) is 5.42. The topological polar surface area (TPSA) is 129 Å². The minimum atomic E-state index is -3.67. The third-order valence-corrected chi connectivity index (χ3v) is 5.36. The van der Waals surface area contributed by atoms with Gasteiger partial charge in [0.1, 0.15) is 11.3 Å². The normalized spacial score (nSPS) is 12.0. The molecule has 0 unspecified atom stereocenters. The van der Waals surface area contributed by atoms with E-state index in [4.69, 9.17) is 14.6 Å². The SMILES string of the molecule is Nc1nnc(CS(=O)(=O)Cc2cc(=O)oc3c2ccc2ccccc23)o1. The van der Waals surface area contributed by atoms with E-state index in [1.54, 1.807) is 6.07 Å². The molecular formula is C17H13N3O5S. The minimum Gasteiger partial charge on any atom is -0.422 e. The first kappa shape index (κ1) is 16.3. The van der Waals surface area contributed by atoms with E-state index in [0.29, 0.717) is 16.5 Å². The highest BCUT2D eigenvalue weighted by Gasteiger charge is 2.20. The summed E-state index contributed by atoms with van der Waals surface area (Å²) < 4.78 is 35.3. The van der Waals surface area contributed by atoms with Crippen molar-refractivity contribution in [2.45, 2.75) is 11.5 Å². The van der Waals surface area contributed by atoms with Gasteiger partial charge in [0.05, 0.1) is 5.75 Å². The molecule has 0 atom stereocenters. The fourth-order valence-electron chi connectivity index (χ4n) is 2.88. The van der Waals surface area contributed by atoms with Crippen LogP contribution in [0, 0.1) is 0 Å². The van der Waals surface area contributed by atoms with Crippen LogP contribution in [0.25, 0.3) is 21.7 Å². The predicted molar refractivity (Wildman–Crippen MR) is 95.0 cm³/mol. The number of anilines is 1. The molecule has 0 saturated heterocycles. The summed E-state index contributed by atoms with van der Waals surface area (Å²) in [6, 6.07) is 12.0. The summed E-state index contributed by atoms with van der Waals surface area (Å²) in [6.07, 6.45) is 0. The lowest BCUT2D eigenvalue weighted by molar-refractivity contribution is 0.522. The number of nitrogen functional groups attached to an aromatic ring is 1. The number of fused-ring (bicyclic) bond motifs is 3. The second-order valence-corrected chi connectivity index (χ2v) is 7.88. The Hall–Kier alpha value is -3.20. The van der Waals surface area contributed by atoms with Gasteiger partial charge < -0.3 is 14.6 Å². The number of hydrogen-bond donors (Lipinski definition) is 1. The van der Waals surface area contributed by atoms with Gasteiger partial charge in [0.2, 0.25) is 5.89 Å². The van der Waals surface area contributed by atoms with E-state index in [2.05, 4.69) is 10.2 Å². The minimum absolute atomic E-state index is 0.0970. The monoisotopic (exact) mass is 371 g/mol. The molecule has 8 nitrogen and oxygen atoms in total. The summed E-state index contributed by atoms with van der Waals surface area (Å²) in [6.45, 7) is 0. The molecule has 0 aliphatic carbocycles. The van der Waals surface area contributed by atoms with Crippen LogP contribution in [-0.2, 0) is 21.3 Å². The van der Waals surface area contributed by atoms with Crippen molar-refractivity contribution < 1.29 is 17.3 Å². The molecule has 9 heteroatoms. The maximum atomic E-state index is 12.5. The Morgan fingerprint density at radius 3 is 2.54 bits per heavy atom. The standard InChI is InChI=1S/C17H13N3O5S/c18-17-20-19-14(24-17)9-26(22,23)8-11-7-15(21)25-16-12-4-2-1-3-10(12)5-6-13(11)16/h1-7H,8-9H2,(H2,18,20). The summed E-state index contributed by atoms with van der Waals surface area (Å²) in [5, 5.41) is 9.20. The van der Waals surface area contributed by atoms with Crippen molar-refractivity contribution in [1.29, 1.82) is 0 Å². The lowest BCUT2D eigenvalue weighted by Gasteiger charge is -2.08. The van der Waals surface area contributed by atoms with Crippen molar-refractivity contribution >= 4 is 37.6 Å².